The van der Waals surface area contributed by atoms with Gasteiger partial charge in [-0.15, -0.1) is 11.3 Å². The zero-order chi connectivity index (χ0) is 18.7. The standard InChI is InChI=1S/C17H17N3O5S/c1-9-16(10-3-4-12-11(7-10)18-14(22)8-25-12)20-17(26-9)19-13(21)5-6-15(23)24-2/h3-4,7H,5-6,8H2,1-2H3,(H,18,22)(H,19,20,21). The molecule has 0 spiro atoms. The molecule has 2 N–H and O–H groups in total. The maximum absolute atomic E-state index is 11.9. The molecule has 1 aromatic heterocycles. The number of rotatable bonds is 5. The van der Waals surface area contributed by atoms with Crippen molar-refractivity contribution in [3.05, 3.63) is 23.1 Å². The lowest BCUT2D eigenvalue weighted by molar-refractivity contribution is -0.141. The van der Waals surface area contributed by atoms with Crippen LogP contribution in [0.25, 0.3) is 11.3 Å². The summed E-state index contributed by atoms with van der Waals surface area (Å²) in [5.41, 5.74) is 2.11. The second kappa shape index (κ2) is 7.52. The van der Waals surface area contributed by atoms with Crippen LogP contribution in [0.3, 0.4) is 0 Å². The predicted octanol–water partition coefficient (Wildman–Crippen LogP) is 2.34. The molecule has 0 bridgehead atoms. The Morgan fingerprint density at radius 2 is 2.19 bits per heavy atom. The molecule has 2 aromatic rings. The average Bonchev–Trinajstić information content (AvgIpc) is 2.99. The van der Waals surface area contributed by atoms with Crippen LogP contribution in [0.2, 0.25) is 0 Å². The van der Waals surface area contributed by atoms with Crippen molar-refractivity contribution in [3.63, 3.8) is 0 Å². The van der Waals surface area contributed by atoms with Crippen molar-refractivity contribution in [1.29, 1.82) is 0 Å². The van der Waals surface area contributed by atoms with Crippen LogP contribution in [0.4, 0.5) is 10.8 Å². The SMILES string of the molecule is COC(=O)CCC(=O)Nc1nc(-c2ccc3c(c2)NC(=O)CO3)c(C)s1. The van der Waals surface area contributed by atoms with Gasteiger partial charge in [-0.1, -0.05) is 0 Å². The molecule has 26 heavy (non-hydrogen) atoms. The van der Waals surface area contributed by atoms with Gasteiger partial charge in [0, 0.05) is 16.9 Å². The van der Waals surface area contributed by atoms with E-state index in [0.29, 0.717) is 22.3 Å². The van der Waals surface area contributed by atoms with E-state index in [1.807, 2.05) is 13.0 Å². The first-order chi connectivity index (χ1) is 12.5. The fourth-order valence-electron chi connectivity index (χ4n) is 2.45. The number of carbonyl (C=O) groups excluding carboxylic acids is 3. The van der Waals surface area contributed by atoms with Gasteiger partial charge in [-0.3, -0.25) is 14.4 Å². The van der Waals surface area contributed by atoms with Gasteiger partial charge in [-0.2, -0.15) is 0 Å². The minimum absolute atomic E-state index is 0.00380. The smallest absolute Gasteiger partial charge is 0.306 e. The van der Waals surface area contributed by atoms with Crippen molar-refractivity contribution >= 4 is 39.9 Å². The highest BCUT2D eigenvalue weighted by Gasteiger charge is 2.18. The lowest BCUT2D eigenvalue weighted by Gasteiger charge is -2.18. The Kier molecular flexibility index (Phi) is 5.17. The zero-order valence-corrected chi connectivity index (χ0v) is 15.1. The Morgan fingerprint density at radius 1 is 1.38 bits per heavy atom. The predicted molar refractivity (Wildman–Crippen MR) is 96.3 cm³/mol. The van der Waals surface area contributed by atoms with E-state index in [1.54, 1.807) is 12.1 Å². The van der Waals surface area contributed by atoms with Crippen LogP contribution in [-0.4, -0.2) is 36.5 Å². The van der Waals surface area contributed by atoms with Crippen molar-refractivity contribution in [1.82, 2.24) is 4.98 Å². The molecule has 8 nitrogen and oxygen atoms in total. The molecular formula is C17H17N3O5S. The first-order valence-electron chi connectivity index (χ1n) is 7.87. The van der Waals surface area contributed by atoms with Crippen LogP contribution >= 0.6 is 11.3 Å². The summed E-state index contributed by atoms with van der Waals surface area (Å²) in [6.45, 7) is 1.90. The highest BCUT2D eigenvalue weighted by molar-refractivity contribution is 7.16. The molecule has 0 fully saturated rings. The minimum atomic E-state index is -0.436. The van der Waals surface area contributed by atoms with Crippen LogP contribution < -0.4 is 15.4 Å². The van der Waals surface area contributed by atoms with E-state index < -0.39 is 5.97 Å². The Labute approximate surface area is 153 Å². The number of aryl methyl sites for hydroxylation is 1. The van der Waals surface area contributed by atoms with E-state index in [1.165, 1.54) is 18.4 Å². The fourth-order valence-corrected chi connectivity index (χ4v) is 3.30. The molecule has 0 unspecified atom stereocenters. The number of hydrogen-bond acceptors (Lipinski definition) is 7. The zero-order valence-electron chi connectivity index (χ0n) is 14.3. The van der Waals surface area contributed by atoms with E-state index in [2.05, 4.69) is 20.4 Å². The van der Waals surface area contributed by atoms with Gasteiger partial charge in [0.2, 0.25) is 5.91 Å². The van der Waals surface area contributed by atoms with Gasteiger partial charge in [0.1, 0.15) is 5.75 Å². The molecule has 9 heteroatoms. The van der Waals surface area contributed by atoms with Gasteiger partial charge in [0.25, 0.3) is 5.91 Å². The molecule has 0 saturated heterocycles. The molecule has 1 aliphatic heterocycles. The van der Waals surface area contributed by atoms with Crippen molar-refractivity contribution in [2.24, 2.45) is 0 Å². The maximum atomic E-state index is 11.9. The van der Waals surface area contributed by atoms with Crippen molar-refractivity contribution < 1.29 is 23.9 Å². The number of esters is 1. The van der Waals surface area contributed by atoms with E-state index in [4.69, 9.17) is 4.74 Å². The number of methoxy groups -OCH3 is 1. The number of nitrogens with zero attached hydrogens (tertiary/aromatic N) is 1. The number of thiazole rings is 1. The third-order valence-electron chi connectivity index (χ3n) is 3.71. The average molecular weight is 375 g/mol. The number of ether oxygens (including phenoxy) is 2. The Bertz CT molecular complexity index is 877. The molecule has 136 valence electrons. The summed E-state index contributed by atoms with van der Waals surface area (Å²) in [7, 11) is 1.28. The monoisotopic (exact) mass is 375 g/mol. The number of benzene rings is 1. The van der Waals surface area contributed by atoms with Crippen LogP contribution in [0.15, 0.2) is 18.2 Å². The van der Waals surface area contributed by atoms with Gasteiger partial charge in [0.05, 0.1) is 24.9 Å². The van der Waals surface area contributed by atoms with Gasteiger partial charge < -0.3 is 20.1 Å². The summed E-state index contributed by atoms with van der Waals surface area (Å²) in [6.07, 6.45) is 0.0485. The number of carbonyl (C=O) groups is 3. The Hall–Kier alpha value is -2.94. The van der Waals surface area contributed by atoms with E-state index >= 15 is 0 Å². The van der Waals surface area contributed by atoms with E-state index in [9.17, 15) is 14.4 Å². The maximum Gasteiger partial charge on any atom is 0.306 e. The van der Waals surface area contributed by atoms with Crippen LogP contribution in [0, 0.1) is 6.92 Å². The van der Waals surface area contributed by atoms with Crippen LogP contribution in [0.1, 0.15) is 17.7 Å². The van der Waals surface area contributed by atoms with E-state index in [0.717, 1.165) is 10.4 Å². The topological polar surface area (TPSA) is 107 Å². The Balaban J connectivity index is 1.74. The molecule has 2 amide bonds. The summed E-state index contributed by atoms with van der Waals surface area (Å²) in [5, 5.41) is 5.90. The lowest BCUT2D eigenvalue weighted by Crippen LogP contribution is -2.25. The van der Waals surface area contributed by atoms with Gasteiger partial charge in [0.15, 0.2) is 11.7 Å². The van der Waals surface area contributed by atoms with Crippen molar-refractivity contribution in [2.75, 3.05) is 24.4 Å². The highest BCUT2D eigenvalue weighted by Crippen LogP contribution is 2.36. The molecule has 0 saturated carbocycles. The van der Waals surface area contributed by atoms with Crippen LogP contribution in [0.5, 0.6) is 5.75 Å². The molecule has 1 aromatic carbocycles. The number of anilines is 2. The summed E-state index contributed by atoms with van der Waals surface area (Å²) in [5.74, 6) is -0.336. The normalized spacial score (nSPS) is 12.6. The molecule has 2 heterocycles. The van der Waals surface area contributed by atoms with Crippen molar-refractivity contribution in [2.45, 2.75) is 19.8 Å². The molecule has 0 aliphatic carbocycles. The van der Waals surface area contributed by atoms with Gasteiger partial charge in [-0.05, 0) is 25.1 Å². The number of fused-ring (bicyclic) bond motifs is 1. The summed E-state index contributed by atoms with van der Waals surface area (Å²) in [6, 6.07) is 5.41. The highest BCUT2D eigenvalue weighted by atomic mass is 32.1. The summed E-state index contributed by atoms with van der Waals surface area (Å²) in [4.78, 5) is 39.8. The first-order valence-corrected chi connectivity index (χ1v) is 8.69. The van der Waals surface area contributed by atoms with Gasteiger partial charge >= 0.3 is 5.97 Å². The largest absolute Gasteiger partial charge is 0.482 e. The number of aromatic nitrogens is 1. The number of nitrogens with one attached hydrogen (secondary N) is 2. The third kappa shape index (κ3) is 3.99. The lowest BCUT2D eigenvalue weighted by atomic mass is 10.1. The van der Waals surface area contributed by atoms with Gasteiger partial charge in [-0.25, -0.2) is 4.98 Å². The second-order valence-corrected chi connectivity index (χ2v) is 6.80. The fraction of sp³-hybridized carbons (Fsp3) is 0.294. The quantitative estimate of drug-likeness (QED) is 0.777. The molecule has 1 aliphatic rings. The van der Waals surface area contributed by atoms with Crippen molar-refractivity contribution in [3.8, 4) is 17.0 Å². The minimum Gasteiger partial charge on any atom is -0.482 e. The molecule has 0 atom stereocenters. The number of hydrogen-bond donors (Lipinski definition) is 2. The molecule has 0 radical (unpaired) electrons. The summed E-state index contributed by atoms with van der Waals surface area (Å²) >= 11 is 1.34. The number of amides is 2. The molecule has 3 rings (SSSR count). The van der Waals surface area contributed by atoms with Crippen LogP contribution in [-0.2, 0) is 19.1 Å². The first kappa shape index (κ1) is 17.9. The van der Waals surface area contributed by atoms with E-state index in [-0.39, 0.29) is 31.3 Å². The third-order valence-corrected chi connectivity index (χ3v) is 4.60. The molecular weight excluding hydrogens is 358 g/mol. The summed E-state index contributed by atoms with van der Waals surface area (Å²) < 4.78 is 9.86. The second-order valence-electron chi connectivity index (χ2n) is 5.60. The Morgan fingerprint density at radius 3 is 2.96 bits per heavy atom.